The normalized spacial score (nSPS) is 11.2. The predicted octanol–water partition coefficient (Wildman–Crippen LogP) is 4.05. The molecule has 0 radical (unpaired) electrons. The molecular formula is C23H25N3O3S. The van der Waals surface area contributed by atoms with Crippen molar-refractivity contribution in [1.29, 1.82) is 0 Å². The summed E-state index contributed by atoms with van der Waals surface area (Å²) < 4.78 is 28.7. The lowest BCUT2D eigenvalue weighted by atomic mass is 10.0. The van der Waals surface area contributed by atoms with Gasteiger partial charge < -0.3 is 5.32 Å². The van der Waals surface area contributed by atoms with Gasteiger partial charge in [-0.2, -0.15) is 0 Å². The fourth-order valence-corrected chi connectivity index (χ4v) is 4.93. The molecule has 2 N–H and O–H groups in total. The maximum Gasteiger partial charge on any atom is 0.262 e. The molecule has 0 aliphatic carbocycles. The van der Waals surface area contributed by atoms with Crippen molar-refractivity contribution in [3.8, 4) is 0 Å². The van der Waals surface area contributed by atoms with E-state index in [1.54, 1.807) is 30.5 Å². The van der Waals surface area contributed by atoms with E-state index in [4.69, 9.17) is 0 Å². The van der Waals surface area contributed by atoms with Crippen LogP contribution in [0.4, 0.5) is 5.69 Å². The van der Waals surface area contributed by atoms with E-state index in [2.05, 4.69) is 15.0 Å². The van der Waals surface area contributed by atoms with Crippen LogP contribution in [0.15, 0.2) is 59.6 Å². The molecule has 3 aromatic rings. The van der Waals surface area contributed by atoms with E-state index in [1.807, 2.05) is 52.0 Å². The number of benzene rings is 2. The highest BCUT2D eigenvalue weighted by Gasteiger charge is 2.22. The van der Waals surface area contributed by atoms with E-state index in [-0.39, 0.29) is 5.91 Å². The summed E-state index contributed by atoms with van der Waals surface area (Å²) >= 11 is 0. The molecule has 6 nitrogen and oxygen atoms in total. The van der Waals surface area contributed by atoms with Gasteiger partial charge in [-0.15, -0.1) is 0 Å². The Bertz CT molecular complexity index is 1150. The van der Waals surface area contributed by atoms with Gasteiger partial charge in [-0.05, 0) is 86.3 Å². The molecule has 1 heterocycles. The van der Waals surface area contributed by atoms with Crippen LogP contribution in [0.1, 0.15) is 38.3 Å². The molecule has 1 amide bonds. The number of sulfonamides is 1. The Hall–Kier alpha value is -3.19. The Balaban J connectivity index is 1.75. The molecule has 0 fully saturated rings. The molecule has 0 bridgehead atoms. The number of nitrogens with one attached hydrogen (secondary N) is 2. The maximum absolute atomic E-state index is 13.0. The molecule has 2 aromatic carbocycles. The van der Waals surface area contributed by atoms with E-state index >= 15 is 0 Å². The summed E-state index contributed by atoms with van der Waals surface area (Å²) in [5.41, 5.74) is 4.92. The highest BCUT2D eigenvalue weighted by molar-refractivity contribution is 7.92. The summed E-state index contributed by atoms with van der Waals surface area (Å²) in [6, 6.07) is 13.8. The lowest BCUT2D eigenvalue weighted by molar-refractivity contribution is 0.0950. The predicted molar refractivity (Wildman–Crippen MR) is 118 cm³/mol. The van der Waals surface area contributed by atoms with Gasteiger partial charge in [-0.3, -0.25) is 14.5 Å². The maximum atomic E-state index is 13.0. The van der Waals surface area contributed by atoms with E-state index in [0.717, 1.165) is 27.9 Å². The first-order chi connectivity index (χ1) is 14.2. The van der Waals surface area contributed by atoms with Gasteiger partial charge in [-0.25, -0.2) is 8.42 Å². The summed E-state index contributed by atoms with van der Waals surface area (Å²) in [5.74, 6) is -0.254. The molecule has 0 unspecified atom stereocenters. The molecule has 0 aliphatic heterocycles. The summed E-state index contributed by atoms with van der Waals surface area (Å²) in [5, 5.41) is 2.80. The van der Waals surface area contributed by atoms with Gasteiger partial charge in [0.1, 0.15) is 0 Å². The highest BCUT2D eigenvalue weighted by atomic mass is 32.2. The van der Waals surface area contributed by atoms with Crippen molar-refractivity contribution in [3.05, 3.63) is 88.2 Å². The van der Waals surface area contributed by atoms with Gasteiger partial charge in [0.05, 0.1) is 17.1 Å². The molecule has 1 aromatic heterocycles. The van der Waals surface area contributed by atoms with Crippen molar-refractivity contribution in [2.45, 2.75) is 39.1 Å². The van der Waals surface area contributed by atoms with Crippen LogP contribution in [0.25, 0.3) is 0 Å². The Labute approximate surface area is 177 Å². The van der Waals surface area contributed by atoms with Crippen molar-refractivity contribution < 1.29 is 13.2 Å². The Morgan fingerprint density at radius 1 is 0.933 bits per heavy atom. The highest BCUT2D eigenvalue weighted by Crippen LogP contribution is 2.28. The number of amides is 1. The van der Waals surface area contributed by atoms with Crippen LogP contribution in [-0.2, 0) is 16.6 Å². The number of aryl methyl sites for hydroxylation is 2. The Morgan fingerprint density at radius 2 is 1.57 bits per heavy atom. The lowest BCUT2D eigenvalue weighted by Crippen LogP contribution is -2.23. The number of anilines is 1. The molecule has 0 spiro atoms. The Kier molecular flexibility index (Phi) is 6.22. The molecule has 0 aliphatic rings. The van der Waals surface area contributed by atoms with E-state index in [0.29, 0.717) is 22.7 Å². The number of nitrogens with zero attached hydrogens (tertiary/aromatic N) is 1. The van der Waals surface area contributed by atoms with Crippen molar-refractivity contribution in [2.24, 2.45) is 0 Å². The van der Waals surface area contributed by atoms with Crippen molar-refractivity contribution >= 4 is 21.6 Å². The quantitative estimate of drug-likeness (QED) is 0.626. The average molecular weight is 424 g/mol. The fraction of sp³-hybridized carbons (Fsp3) is 0.217. The van der Waals surface area contributed by atoms with Crippen LogP contribution >= 0.6 is 0 Å². The molecule has 0 saturated heterocycles. The first-order valence-corrected chi connectivity index (χ1v) is 11.1. The summed E-state index contributed by atoms with van der Waals surface area (Å²) in [6.45, 7) is 7.74. The minimum atomic E-state index is -3.76. The number of hydrogen-bond donors (Lipinski definition) is 2. The third-order valence-corrected chi connectivity index (χ3v) is 6.78. The van der Waals surface area contributed by atoms with Gasteiger partial charge >= 0.3 is 0 Å². The Morgan fingerprint density at radius 3 is 2.13 bits per heavy atom. The standard InChI is InChI=1S/C23H25N3O3S/c1-15-13-16(2)18(4)22(17(15)3)30(28,29)26-20-10-8-19(9-11-20)23(27)25-14-21-7-5-6-12-24-21/h5-13,26H,14H2,1-4H3,(H,25,27). The van der Waals surface area contributed by atoms with Crippen LogP contribution in [0.2, 0.25) is 0 Å². The topological polar surface area (TPSA) is 88.2 Å². The second-order valence-corrected chi connectivity index (χ2v) is 8.90. The molecule has 0 atom stereocenters. The van der Waals surface area contributed by atoms with Crippen LogP contribution in [0.5, 0.6) is 0 Å². The molecule has 156 valence electrons. The van der Waals surface area contributed by atoms with Gasteiger partial charge in [0.2, 0.25) is 0 Å². The minimum Gasteiger partial charge on any atom is -0.346 e. The monoisotopic (exact) mass is 423 g/mol. The summed E-state index contributed by atoms with van der Waals surface area (Å²) in [7, 11) is -3.76. The third-order valence-electron chi connectivity index (χ3n) is 5.12. The van der Waals surface area contributed by atoms with Gasteiger partial charge in [-0.1, -0.05) is 12.1 Å². The molecule has 30 heavy (non-hydrogen) atoms. The van der Waals surface area contributed by atoms with E-state index < -0.39 is 10.0 Å². The van der Waals surface area contributed by atoms with Crippen molar-refractivity contribution in [1.82, 2.24) is 10.3 Å². The SMILES string of the molecule is Cc1cc(C)c(C)c(S(=O)(=O)Nc2ccc(C(=O)NCc3ccccn3)cc2)c1C. The first-order valence-electron chi connectivity index (χ1n) is 9.57. The number of carbonyl (C=O) groups is 1. The second-order valence-electron chi connectivity index (χ2n) is 7.28. The summed E-state index contributed by atoms with van der Waals surface area (Å²) in [6.07, 6.45) is 1.67. The lowest BCUT2D eigenvalue weighted by Gasteiger charge is -2.17. The third kappa shape index (κ3) is 4.68. The number of hydrogen-bond acceptors (Lipinski definition) is 4. The number of aromatic nitrogens is 1. The first kappa shape index (κ1) is 21.5. The smallest absolute Gasteiger partial charge is 0.262 e. The van der Waals surface area contributed by atoms with Crippen LogP contribution in [0, 0.1) is 27.7 Å². The van der Waals surface area contributed by atoms with E-state index in [1.165, 1.54) is 0 Å². The van der Waals surface area contributed by atoms with Gasteiger partial charge in [0.15, 0.2) is 0 Å². The molecule has 7 heteroatoms. The fourth-order valence-electron chi connectivity index (χ4n) is 3.26. The number of pyridine rings is 1. The zero-order chi connectivity index (χ0) is 21.9. The zero-order valence-corrected chi connectivity index (χ0v) is 18.3. The van der Waals surface area contributed by atoms with Gasteiger partial charge in [0.25, 0.3) is 15.9 Å². The largest absolute Gasteiger partial charge is 0.346 e. The van der Waals surface area contributed by atoms with Gasteiger partial charge in [0, 0.05) is 17.4 Å². The van der Waals surface area contributed by atoms with Crippen molar-refractivity contribution in [2.75, 3.05) is 4.72 Å². The molecular weight excluding hydrogens is 398 g/mol. The number of rotatable bonds is 6. The number of carbonyl (C=O) groups excluding carboxylic acids is 1. The second kappa shape index (κ2) is 8.67. The van der Waals surface area contributed by atoms with Crippen molar-refractivity contribution in [3.63, 3.8) is 0 Å². The summed E-state index contributed by atoms with van der Waals surface area (Å²) in [4.78, 5) is 16.8. The molecule has 0 saturated carbocycles. The minimum absolute atomic E-state index is 0.254. The van der Waals surface area contributed by atoms with Crippen LogP contribution in [-0.4, -0.2) is 19.3 Å². The van der Waals surface area contributed by atoms with E-state index in [9.17, 15) is 13.2 Å². The van der Waals surface area contributed by atoms with Crippen LogP contribution in [0.3, 0.4) is 0 Å². The molecule has 3 rings (SSSR count). The zero-order valence-electron chi connectivity index (χ0n) is 17.5. The van der Waals surface area contributed by atoms with Crippen LogP contribution < -0.4 is 10.0 Å². The average Bonchev–Trinajstić information content (AvgIpc) is 2.71.